The number of carbonyl (C=O) groups excluding carboxylic acids is 1. The molecule has 0 spiro atoms. The first-order valence-electron chi connectivity index (χ1n) is 7.87. The van der Waals surface area contributed by atoms with Crippen LogP contribution in [0, 0.1) is 0 Å². The molecule has 0 fully saturated rings. The van der Waals surface area contributed by atoms with Crippen molar-refractivity contribution in [1.82, 2.24) is 14.9 Å². The highest BCUT2D eigenvalue weighted by molar-refractivity contribution is 6.35. The summed E-state index contributed by atoms with van der Waals surface area (Å²) in [5, 5.41) is 11.8. The van der Waals surface area contributed by atoms with Crippen LogP contribution in [0.15, 0.2) is 64.0 Å². The number of nitrogens with zero attached hydrogens (tertiary/aromatic N) is 3. The van der Waals surface area contributed by atoms with E-state index in [0.717, 1.165) is 5.56 Å². The van der Waals surface area contributed by atoms with Crippen LogP contribution in [0.4, 0.5) is 5.69 Å². The Kier molecular flexibility index (Phi) is 4.70. The van der Waals surface area contributed by atoms with E-state index in [0.29, 0.717) is 33.8 Å². The van der Waals surface area contributed by atoms with Gasteiger partial charge in [-0.15, -0.1) is 0 Å². The van der Waals surface area contributed by atoms with Gasteiger partial charge in [-0.25, -0.2) is 0 Å². The molecule has 7 nitrogen and oxygen atoms in total. The molecule has 4 aromatic rings. The molecule has 0 atom stereocenters. The summed E-state index contributed by atoms with van der Waals surface area (Å²) in [6.07, 6.45) is 4.74. The van der Waals surface area contributed by atoms with Crippen LogP contribution in [0.25, 0.3) is 11.5 Å². The molecular formula is C18H12Cl2N4O3. The maximum atomic E-state index is 12.3. The van der Waals surface area contributed by atoms with Gasteiger partial charge < -0.3 is 14.3 Å². The normalized spacial score (nSPS) is 10.9. The summed E-state index contributed by atoms with van der Waals surface area (Å²) in [5.41, 5.74) is 1.52. The molecule has 3 aromatic heterocycles. The molecular weight excluding hydrogens is 391 g/mol. The van der Waals surface area contributed by atoms with Crippen molar-refractivity contribution in [2.75, 3.05) is 5.32 Å². The zero-order valence-electron chi connectivity index (χ0n) is 13.7. The lowest BCUT2D eigenvalue weighted by Crippen LogP contribution is -2.11. The Hall–Kier alpha value is -3.03. The fourth-order valence-electron chi connectivity index (χ4n) is 2.45. The van der Waals surface area contributed by atoms with Crippen molar-refractivity contribution >= 4 is 34.8 Å². The molecule has 3 heterocycles. The predicted molar refractivity (Wildman–Crippen MR) is 99.9 cm³/mol. The lowest BCUT2D eigenvalue weighted by atomic mass is 10.2. The van der Waals surface area contributed by atoms with Crippen LogP contribution in [0.5, 0.6) is 0 Å². The van der Waals surface area contributed by atoms with E-state index in [-0.39, 0.29) is 5.69 Å². The number of furan rings is 1. The Morgan fingerprint density at radius 1 is 1.19 bits per heavy atom. The highest BCUT2D eigenvalue weighted by Gasteiger charge is 2.16. The number of rotatable bonds is 5. The summed E-state index contributed by atoms with van der Waals surface area (Å²) in [4.78, 5) is 12.3. The second-order valence-corrected chi connectivity index (χ2v) is 6.51. The van der Waals surface area contributed by atoms with Gasteiger partial charge in [0.15, 0.2) is 11.5 Å². The quantitative estimate of drug-likeness (QED) is 0.520. The minimum absolute atomic E-state index is 0.134. The number of amides is 1. The van der Waals surface area contributed by atoms with Gasteiger partial charge in [0.05, 0.1) is 24.7 Å². The topological polar surface area (TPSA) is 86.1 Å². The molecule has 0 saturated carbocycles. The lowest BCUT2D eigenvalue weighted by Gasteiger charge is -2.05. The van der Waals surface area contributed by atoms with Crippen molar-refractivity contribution in [2.24, 2.45) is 0 Å². The van der Waals surface area contributed by atoms with Crippen molar-refractivity contribution in [3.63, 3.8) is 0 Å². The standard InChI is InChI=1S/C18H12Cl2N4O3/c19-12-4-3-11(14(20)6-12)9-24-10-13(8-21-24)22-18(25)15-7-17(27-23-15)16-2-1-5-26-16/h1-8,10H,9H2,(H,22,25). The second kappa shape index (κ2) is 7.30. The predicted octanol–water partition coefficient (Wildman–Crippen LogP) is 4.74. The first kappa shape index (κ1) is 17.4. The maximum Gasteiger partial charge on any atom is 0.277 e. The summed E-state index contributed by atoms with van der Waals surface area (Å²) >= 11 is 12.1. The van der Waals surface area contributed by atoms with Crippen LogP contribution in [-0.2, 0) is 6.54 Å². The van der Waals surface area contributed by atoms with Gasteiger partial charge in [-0.05, 0) is 29.8 Å². The zero-order chi connectivity index (χ0) is 18.8. The molecule has 0 saturated heterocycles. The second-order valence-electron chi connectivity index (χ2n) is 5.67. The molecule has 0 radical (unpaired) electrons. The number of hydrogen-bond donors (Lipinski definition) is 1. The van der Waals surface area contributed by atoms with E-state index >= 15 is 0 Å². The molecule has 9 heteroatoms. The molecule has 136 valence electrons. The highest BCUT2D eigenvalue weighted by Crippen LogP contribution is 2.23. The largest absolute Gasteiger partial charge is 0.461 e. The van der Waals surface area contributed by atoms with Crippen LogP contribution in [0.3, 0.4) is 0 Å². The van der Waals surface area contributed by atoms with Crippen molar-refractivity contribution in [3.8, 4) is 11.5 Å². The number of carbonyl (C=O) groups is 1. The summed E-state index contributed by atoms with van der Waals surface area (Å²) < 4.78 is 12.0. The fourth-order valence-corrected chi connectivity index (χ4v) is 2.92. The van der Waals surface area contributed by atoms with E-state index in [9.17, 15) is 4.79 Å². The van der Waals surface area contributed by atoms with Gasteiger partial charge in [0.1, 0.15) is 0 Å². The van der Waals surface area contributed by atoms with E-state index in [4.69, 9.17) is 32.1 Å². The average molecular weight is 403 g/mol. The van der Waals surface area contributed by atoms with Crippen LogP contribution in [-0.4, -0.2) is 20.8 Å². The first-order valence-corrected chi connectivity index (χ1v) is 8.62. The molecule has 0 unspecified atom stereocenters. The Morgan fingerprint density at radius 2 is 2.07 bits per heavy atom. The third-order valence-corrected chi connectivity index (χ3v) is 4.33. The molecule has 27 heavy (non-hydrogen) atoms. The molecule has 0 bridgehead atoms. The number of hydrogen-bond acceptors (Lipinski definition) is 5. The van der Waals surface area contributed by atoms with Crippen molar-refractivity contribution in [1.29, 1.82) is 0 Å². The fraction of sp³-hybridized carbons (Fsp3) is 0.0556. The third-order valence-electron chi connectivity index (χ3n) is 3.75. The van der Waals surface area contributed by atoms with E-state index in [2.05, 4.69) is 15.6 Å². The highest BCUT2D eigenvalue weighted by atomic mass is 35.5. The van der Waals surface area contributed by atoms with Crippen molar-refractivity contribution in [3.05, 3.63) is 76.4 Å². The number of nitrogens with one attached hydrogen (secondary N) is 1. The Balaban J connectivity index is 1.44. The molecule has 1 aromatic carbocycles. The van der Waals surface area contributed by atoms with Crippen molar-refractivity contribution < 1.29 is 13.7 Å². The van der Waals surface area contributed by atoms with Gasteiger partial charge in [0.2, 0.25) is 5.76 Å². The molecule has 1 amide bonds. The number of anilines is 1. The van der Waals surface area contributed by atoms with Crippen LogP contribution >= 0.6 is 23.2 Å². The van der Waals surface area contributed by atoms with Gasteiger partial charge in [0.25, 0.3) is 5.91 Å². The van der Waals surface area contributed by atoms with Crippen molar-refractivity contribution in [2.45, 2.75) is 6.54 Å². The van der Waals surface area contributed by atoms with Gasteiger partial charge in [0, 0.05) is 22.3 Å². The molecule has 0 aliphatic rings. The Labute approximate surface area is 163 Å². The van der Waals surface area contributed by atoms with E-state index in [1.807, 2.05) is 6.07 Å². The summed E-state index contributed by atoms with van der Waals surface area (Å²) in [6.45, 7) is 0.443. The average Bonchev–Trinajstić information content (AvgIpc) is 3.37. The lowest BCUT2D eigenvalue weighted by molar-refractivity contribution is 0.101. The summed E-state index contributed by atoms with van der Waals surface area (Å²) in [7, 11) is 0. The minimum atomic E-state index is -0.416. The van der Waals surface area contributed by atoms with Gasteiger partial charge >= 0.3 is 0 Å². The number of benzene rings is 1. The maximum absolute atomic E-state index is 12.3. The van der Waals surface area contributed by atoms with Gasteiger partial charge in [-0.3, -0.25) is 9.48 Å². The number of aromatic nitrogens is 3. The summed E-state index contributed by atoms with van der Waals surface area (Å²) in [5.74, 6) is 0.452. The third kappa shape index (κ3) is 3.89. The van der Waals surface area contributed by atoms with Crippen LogP contribution in [0.1, 0.15) is 16.1 Å². The molecule has 4 rings (SSSR count). The molecule has 0 aliphatic carbocycles. The monoisotopic (exact) mass is 402 g/mol. The van der Waals surface area contributed by atoms with E-state index in [1.54, 1.807) is 35.1 Å². The number of halogens is 2. The SMILES string of the molecule is O=C(Nc1cnn(Cc2ccc(Cl)cc2Cl)c1)c1cc(-c2ccco2)on1. The molecule has 1 N–H and O–H groups in total. The van der Waals surface area contributed by atoms with Gasteiger partial charge in [-0.2, -0.15) is 5.10 Å². The minimum Gasteiger partial charge on any atom is -0.461 e. The van der Waals surface area contributed by atoms with Crippen LogP contribution in [0.2, 0.25) is 10.0 Å². The van der Waals surface area contributed by atoms with E-state index < -0.39 is 5.91 Å². The molecule has 0 aliphatic heterocycles. The first-order chi connectivity index (χ1) is 13.1. The van der Waals surface area contributed by atoms with Gasteiger partial charge in [-0.1, -0.05) is 34.4 Å². The zero-order valence-corrected chi connectivity index (χ0v) is 15.2. The smallest absolute Gasteiger partial charge is 0.277 e. The van der Waals surface area contributed by atoms with Crippen LogP contribution < -0.4 is 5.32 Å². The summed E-state index contributed by atoms with van der Waals surface area (Å²) in [6, 6.07) is 10.2. The Morgan fingerprint density at radius 3 is 2.85 bits per heavy atom. The Bertz CT molecular complexity index is 1090. The van der Waals surface area contributed by atoms with E-state index in [1.165, 1.54) is 18.5 Å².